The van der Waals surface area contributed by atoms with Gasteiger partial charge < -0.3 is 5.32 Å². The molecule has 6 heteroatoms. The number of pyridine rings is 2. The van der Waals surface area contributed by atoms with E-state index in [9.17, 15) is 4.79 Å². The van der Waals surface area contributed by atoms with Gasteiger partial charge in [-0.25, -0.2) is 4.98 Å². The number of nitrogens with zero attached hydrogens (tertiary/aromatic N) is 3. The molecule has 0 bridgehead atoms. The second-order valence-electron chi connectivity index (χ2n) is 4.80. The molecule has 0 saturated heterocycles. The first kappa shape index (κ1) is 13.8. The Bertz CT molecular complexity index is 827. The van der Waals surface area contributed by atoms with Crippen molar-refractivity contribution in [1.29, 1.82) is 0 Å². The number of imidazole rings is 1. The normalized spacial score (nSPS) is 10.8. The van der Waals surface area contributed by atoms with Crippen LogP contribution in [0.2, 0.25) is 0 Å². The molecule has 0 unspecified atom stereocenters. The van der Waals surface area contributed by atoms with Gasteiger partial charge in [-0.05, 0) is 53.5 Å². The fraction of sp³-hybridized carbons (Fsp3) is 0.133. The number of carbonyl (C=O) groups excluding carboxylic acids is 1. The molecule has 0 radical (unpaired) electrons. The molecule has 3 heterocycles. The third-order valence-corrected chi connectivity index (χ3v) is 3.70. The molecule has 0 atom stereocenters. The molecule has 106 valence electrons. The lowest BCUT2D eigenvalue weighted by Gasteiger charge is -2.06. The SMILES string of the molecule is Cc1cc(Br)c2nc(C)c(C(=O)Nc3cccnc3)n2c1. The average Bonchev–Trinajstić information content (AvgIpc) is 2.76. The number of hydrogen-bond donors (Lipinski definition) is 1. The number of carbonyl (C=O) groups is 1. The van der Waals surface area contributed by atoms with Crippen LogP contribution in [-0.2, 0) is 0 Å². The lowest BCUT2D eigenvalue weighted by atomic mass is 10.3. The summed E-state index contributed by atoms with van der Waals surface area (Å²) < 4.78 is 2.67. The van der Waals surface area contributed by atoms with Gasteiger partial charge in [-0.15, -0.1) is 0 Å². The topological polar surface area (TPSA) is 59.3 Å². The zero-order chi connectivity index (χ0) is 15.0. The van der Waals surface area contributed by atoms with E-state index in [2.05, 4.69) is 31.2 Å². The maximum absolute atomic E-state index is 12.5. The molecule has 5 nitrogen and oxygen atoms in total. The highest BCUT2D eigenvalue weighted by Gasteiger charge is 2.18. The third kappa shape index (κ3) is 2.54. The second-order valence-corrected chi connectivity index (χ2v) is 5.65. The van der Waals surface area contributed by atoms with Crippen LogP contribution in [0.15, 0.2) is 41.3 Å². The van der Waals surface area contributed by atoms with Gasteiger partial charge in [-0.1, -0.05) is 0 Å². The Morgan fingerprint density at radius 3 is 2.90 bits per heavy atom. The van der Waals surface area contributed by atoms with Crippen LogP contribution in [0.1, 0.15) is 21.7 Å². The highest BCUT2D eigenvalue weighted by molar-refractivity contribution is 9.10. The van der Waals surface area contributed by atoms with Crippen LogP contribution in [0.5, 0.6) is 0 Å². The predicted molar refractivity (Wildman–Crippen MR) is 84.6 cm³/mol. The first-order valence-corrected chi connectivity index (χ1v) is 7.22. The van der Waals surface area contributed by atoms with Gasteiger partial charge >= 0.3 is 0 Å². The zero-order valence-electron chi connectivity index (χ0n) is 11.6. The van der Waals surface area contributed by atoms with Crippen molar-refractivity contribution in [2.45, 2.75) is 13.8 Å². The van der Waals surface area contributed by atoms with Crippen molar-refractivity contribution in [3.05, 3.63) is 58.2 Å². The van der Waals surface area contributed by atoms with Crippen LogP contribution < -0.4 is 5.32 Å². The van der Waals surface area contributed by atoms with Crippen molar-refractivity contribution in [3.8, 4) is 0 Å². The lowest BCUT2D eigenvalue weighted by molar-refractivity contribution is 0.102. The predicted octanol–water partition coefficient (Wildman–Crippen LogP) is 3.36. The summed E-state index contributed by atoms with van der Waals surface area (Å²) in [6, 6.07) is 5.55. The van der Waals surface area contributed by atoms with Crippen LogP contribution in [0.25, 0.3) is 5.65 Å². The number of hydrogen-bond acceptors (Lipinski definition) is 3. The summed E-state index contributed by atoms with van der Waals surface area (Å²) in [5.74, 6) is -0.203. The molecular weight excluding hydrogens is 332 g/mol. The number of aromatic nitrogens is 3. The molecule has 3 rings (SSSR count). The van der Waals surface area contributed by atoms with Crippen LogP contribution in [0.4, 0.5) is 5.69 Å². The maximum atomic E-state index is 12.5. The number of amides is 1. The van der Waals surface area contributed by atoms with E-state index >= 15 is 0 Å². The van der Waals surface area contributed by atoms with Gasteiger partial charge in [0.2, 0.25) is 0 Å². The van der Waals surface area contributed by atoms with Crippen LogP contribution in [-0.4, -0.2) is 20.3 Å². The number of aryl methyl sites for hydroxylation is 2. The molecule has 0 spiro atoms. The Labute approximate surface area is 130 Å². The molecule has 0 saturated carbocycles. The van der Waals surface area contributed by atoms with Crippen molar-refractivity contribution in [3.63, 3.8) is 0 Å². The molecule has 0 aliphatic rings. The molecule has 3 aromatic heterocycles. The number of rotatable bonds is 2. The first-order valence-electron chi connectivity index (χ1n) is 6.42. The summed E-state index contributed by atoms with van der Waals surface area (Å²) >= 11 is 3.49. The zero-order valence-corrected chi connectivity index (χ0v) is 13.2. The van der Waals surface area contributed by atoms with E-state index in [1.165, 1.54) is 0 Å². The monoisotopic (exact) mass is 344 g/mol. The molecule has 21 heavy (non-hydrogen) atoms. The largest absolute Gasteiger partial charge is 0.319 e. The van der Waals surface area contributed by atoms with Crippen LogP contribution >= 0.6 is 15.9 Å². The number of fused-ring (bicyclic) bond motifs is 1. The van der Waals surface area contributed by atoms with E-state index in [4.69, 9.17) is 0 Å². The minimum atomic E-state index is -0.203. The number of nitrogens with one attached hydrogen (secondary N) is 1. The molecule has 1 amide bonds. The summed E-state index contributed by atoms with van der Waals surface area (Å²) in [4.78, 5) is 21.0. The van der Waals surface area contributed by atoms with E-state index in [0.29, 0.717) is 17.1 Å². The molecule has 3 aromatic rings. The molecule has 1 N–H and O–H groups in total. The van der Waals surface area contributed by atoms with Crippen molar-refractivity contribution >= 4 is 33.2 Å². The van der Waals surface area contributed by atoms with Gasteiger partial charge in [0.05, 0.1) is 22.1 Å². The van der Waals surface area contributed by atoms with E-state index < -0.39 is 0 Å². The van der Waals surface area contributed by atoms with Crippen molar-refractivity contribution in [2.75, 3.05) is 5.32 Å². The highest BCUT2D eigenvalue weighted by Crippen LogP contribution is 2.22. The lowest BCUT2D eigenvalue weighted by Crippen LogP contribution is -2.15. The van der Waals surface area contributed by atoms with Crippen LogP contribution in [0.3, 0.4) is 0 Å². The maximum Gasteiger partial charge on any atom is 0.274 e. The Morgan fingerprint density at radius 2 is 2.19 bits per heavy atom. The van der Waals surface area contributed by atoms with E-state index in [1.54, 1.807) is 28.9 Å². The fourth-order valence-electron chi connectivity index (χ4n) is 2.25. The summed E-state index contributed by atoms with van der Waals surface area (Å²) in [5.41, 5.74) is 3.64. The molecule has 0 aliphatic carbocycles. The van der Waals surface area contributed by atoms with Crippen molar-refractivity contribution in [2.24, 2.45) is 0 Å². The number of halogens is 1. The molecular formula is C15H13BrN4O. The van der Waals surface area contributed by atoms with E-state index in [0.717, 1.165) is 15.7 Å². The smallest absolute Gasteiger partial charge is 0.274 e. The minimum absolute atomic E-state index is 0.203. The van der Waals surface area contributed by atoms with E-state index in [1.807, 2.05) is 26.1 Å². The van der Waals surface area contributed by atoms with Gasteiger partial charge in [0.15, 0.2) is 5.65 Å². The van der Waals surface area contributed by atoms with Gasteiger partial charge in [0.1, 0.15) is 5.69 Å². The highest BCUT2D eigenvalue weighted by atomic mass is 79.9. The standard InChI is InChI=1S/C15H13BrN4O/c1-9-6-12(16)14-18-10(2)13(20(14)8-9)15(21)19-11-4-3-5-17-7-11/h3-8H,1-2H3,(H,19,21). The molecule has 0 aromatic carbocycles. The summed E-state index contributed by atoms with van der Waals surface area (Å²) in [7, 11) is 0. The van der Waals surface area contributed by atoms with Crippen LogP contribution in [0, 0.1) is 13.8 Å². The Morgan fingerprint density at radius 1 is 1.38 bits per heavy atom. The van der Waals surface area contributed by atoms with Gasteiger partial charge in [0, 0.05) is 12.4 Å². The third-order valence-electron chi connectivity index (χ3n) is 3.12. The Hall–Kier alpha value is -2.21. The first-order chi connectivity index (χ1) is 10.1. The average molecular weight is 345 g/mol. The summed E-state index contributed by atoms with van der Waals surface area (Å²) in [6.45, 7) is 3.80. The fourth-order valence-corrected chi connectivity index (χ4v) is 2.89. The van der Waals surface area contributed by atoms with Crippen molar-refractivity contribution in [1.82, 2.24) is 14.4 Å². The Balaban J connectivity index is 2.08. The van der Waals surface area contributed by atoms with Gasteiger partial charge in [0.25, 0.3) is 5.91 Å². The summed E-state index contributed by atoms with van der Waals surface area (Å²) in [5, 5.41) is 2.84. The minimum Gasteiger partial charge on any atom is -0.319 e. The van der Waals surface area contributed by atoms with E-state index in [-0.39, 0.29) is 5.91 Å². The summed E-state index contributed by atoms with van der Waals surface area (Å²) in [6.07, 6.45) is 5.17. The van der Waals surface area contributed by atoms with Gasteiger partial charge in [-0.2, -0.15) is 0 Å². The number of anilines is 1. The Kier molecular flexibility index (Phi) is 3.47. The van der Waals surface area contributed by atoms with Crippen molar-refractivity contribution < 1.29 is 4.79 Å². The quantitative estimate of drug-likeness (QED) is 0.775. The molecule has 0 fully saturated rings. The van der Waals surface area contributed by atoms with Gasteiger partial charge in [-0.3, -0.25) is 14.2 Å². The second kappa shape index (κ2) is 5.29. The molecule has 0 aliphatic heterocycles.